The molecular weight excluding hydrogens is 257 g/mol. The van der Waals surface area contributed by atoms with E-state index in [9.17, 15) is 13.2 Å². The van der Waals surface area contributed by atoms with Crippen molar-refractivity contribution >= 4 is 0 Å². The summed E-state index contributed by atoms with van der Waals surface area (Å²) in [7, 11) is 0. The van der Waals surface area contributed by atoms with Crippen molar-refractivity contribution < 1.29 is 23.0 Å². The molecule has 1 N–H and O–H groups in total. The Balaban J connectivity index is 2.81. The molecule has 1 unspecified atom stereocenters. The maximum atomic E-state index is 12.5. The quantitative estimate of drug-likeness (QED) is 0.772. The number of allylic oxidation sites excluding steroid dienone is 1. The Kier molecular flexibility index (Phi) is 5.27. The zero-order valence-electron chi connectivity index (χ0n) is 10.9. The van der Waals surface area contributed by atoms with Crippen molar-refractivity contribution in [3.05, 3.63) is 41.9 Å². The molecule has 5 heteroatoms. The molecule has 0 saturated heterocycles. The summed E-state index contributed by atoms with van der Waals surface area (Å²) in [5, 5.41) is 9.05. The van der Waals surface area contributed by atoms with Crippen LogP contribution in [-0.2, 0) is 6.18 Å². The summed E-state index contributed by atoms with van der Waals surface area (Å²) in [4.78, 5) is 0. The highest BCUT2D eigenvalue weighted by molar-refractivity contribution is 5.31. The minimum Gasteiger partial charge on any atom is -0.512 e. The van der Waals surface area contributed by atoms with Crippen molar-refractivity contribution in [3.8, 4) is 5.75 Å². The van der Waals surface area contributed by atoms with E-state index in [4.69, 9.17) is 9.84 Å². The van der Waals surface area contributed by atoms with Crippen LogP contribution in [0.15, 0.2) is 36.3 Å². The standard InChI is InChI=1S/C14H17F3O2/c1-3-10(2)7-13(9-18)19-12-6-4-5-11(8-12)14(15,16)17/h4-6,8-10,18H,3,7H2,1-2H3/b13-9+. The Labute approximate surface area is 110 Å². The molecule has 0 amide bonds. The van der Waals surface area contributed by atoms with E-state index in [0.717, 1.165) is 24.8 Å². The van der Waals surface area contributed by atoms with E-state index in [-0.39, 0.29) is 17.4 Å². The van der Waals surface area contributed by atoms with Crippen molar-refractivity contribution in [2.75, 3.05) is 0 Å². The molecule has 0 aliphatic heterocycles. The molecule has 1 aromatic rings. The first-order valence-electron chi connectivity index (χ1n) is 6.05. The van der Waals surface area contributed by atoms with Gasteiger partial charge in [-0.05, 0) is 24.1 Å². The highest BCUT2D eigenvalue weighted by Crippen LogP contribution is 2.32. The van der Waals surface area contributed by atoms with Crippen LogP contribution in [0.2, 0.25) is 0 Å². The smallest absolute Gasteiger partial charge is 0.416 e. The van der Waals surface area contributed by atoms with E-state index >= 15 is 0 Å². The molecule has 1 rings (SSSR count). The van der Waals surface area contributed by atoms with Crippen LogP contribution in [0.25, 0.3) is 0 Å². The Bertz CT molecular complexity index is 439. The van der Waals surface area contributed by atoms with E-state index in [1.54, 1.807) is 0 Å². The number of aliphatic hydroxyl groups excluding tert-OH is 1. The second-order valence-electron chi connectivity index (χ2n) is 4.44. The minimum atomic E-state index is -4.40. The number of hydrogen-bond acceptors (Lipinski definition) is 2. The van der Waals surface area contributed by atoms with Gasteiger partial charge in [0.15, 0.2) is 0 Å². The van der Waals surface area contributed by atoms with Crippen molar-refractivity contribution in [1.82, 2.24) is 0 Å². The monoisotopic (exact) mass is 274 g/mol. The Morgan fingerprint density at radius 3 is 2.63 bits per heavy atom. The fourth-order valence-corrected chi connectivity index (χ4v) is 1.50. The van der Waals surface area contributed by atoms with E-state index in [2.05, 4.69) is 0 Å². The summed E-state index contributed by atoms with van der Waals surface area (Å²) in [5.74, 6) is 0.608. The number of benzene rings is 1. The Morgan fingerprint density at radius 2 is 2.11 bits per heavy atom. The lowest BCUT2D eigenvalue weighted by Crippen LogP contribution is -2.06. The van der Waals surface area contributed by atoms with Gasteiger partial charge in [-0.1, -0.05) is 26.3 Å². The lowest BCUT2D eigenvalue weighted by atomic mass is 10.0. The largest absolute Gasteiger partial charge is 0.512 e. The van der Waals surface area contributed by atoms with E-state index in [1.807, 2.05) is 13.8 Å². The molecule has 0 aromatic heterocycles. The van der Waals surface area contributed by atoms with Gasteiger partial charge in [-0.2, -0.15) is 13.2 Å². The predicted octanol–water partition coefficient (Wildman–Crippen LogP) is 4.92. The van der Waals surface area contributed by atoms with Crippen molar-refractivity contribution in [2.45, 2.75) is 32.9 Å². The SMILES string of the molecule is CCC(C)C/C(=C\O)Oc1cccc(C(F)(F)F)c1. The van der Waals surface area contributed by atoms with E-state index in [0.29, 0.717) is 6.42 Å². The Morgan fingerprint density at radius 1 is 1.42 bits per heavy atom. The Hall–Kier alpha value is -1.65. The van der Waals surface area contributed by atoms with Gasteiger partial charge in [0.25, 0.3) is 0 Å². The van der Waals surface area contributed by atoms with Crippen molar-refractivity contribution in [1.29, 1.82) is 0 Å². The second kappa shape index (κ2) is 6.50. The first kappa shape index (κ1) is 15.4. The minimum absolute atomic E-state index is 0.0680. The maximum absolute atomic E-state index is 12.5. The summed E-state index contributed by atoms with van der Waals surface area (Å²) in [6.07, 6.45) is -2.24. The highest BCUT2D eigenvalue weighted by atomic mass is 19.4. The molecule has 0 bridgehead atoms. The molecule has 0 saturated carbocycles. The fourth-order valence-electron chi connectivity index (χ4n) is 1.50. The molecule has 0 radical (unpaired) electrons. The van der Waals surface area contributed by atoms with Gasteiger partial charge in [-0.15, -0.1) is 0 Å². The average molecular weight is 274 g/mol. The van der Waals surface area contributed by atoms with Crippen LogP contribution >= 0.6 is 0 Å². The van der Waals surface area contributed by atoms with E-state index < -0.39 is 11.7 Å². The molecule has 0 heterocycles. The molecule has 0 spiro atoms. The molecule has 19 heavy (non-hydrogen) atoms. The van der Waals surface area contributed by atoms with Crippen molar-refractivity contribution in [3.63, 3.8) is 0 Å². The van der Waals surface area contributed by atoms with Gasteiger partial charge in [-0.25, -0.2) is 0 Å². The third-order valence-corrected chi connectivity index (χ3v) is 2.80. The number of rotatable bonds is 5. The molecule has 1 atom stereocenters. The summed E-state index contributed by atoms with van der Waals surface area (Å²) >= 11 is 0. The van der Waals surface area contributed by atoms with Crippen LogP contribution in [-0.4, -0.2) is 5.11 Å². The topological polar surface area (TPSA) is 29.5 Å². The number of alkyl halides is 3. The predicted molar refractivity (Wildman–Crippen MR) is 66.9 cm³/mol. The van der Waals surface area contributed by atoms with Gasteiger partial charge < -0.3 is 9.84 Å². The van der Waals surface area contributed by atoms with Gasteiger partial charge in [0.05, 0.1) is 5.56 Å². The van der Waals surface area contributed by atoms with Crippen LogP contribution in [0, 0.1) is 5.92 Å². The average Bonchev–Trinajstić information content (AvgIpc) is 2.37. The fraction of sp³-hybridized carbons (Fsp3) is 0.429. The van der Waals surface area contributed by atoms with Crippen molar-refractivity contribution in [2.24, 2.45) is 5.92 Å². The summed E-state index contributed by atoms with van der Waals surface area (Å²) in [6.45, 7) is 3.96. The molecule has 0 aliphatic rings. The summed E-state index contributed by atoms with van der Waals surface area (Å²) in [6, 6.07) is 4.59. The van der Waals surface area contributed by atoms with E-state index in [1.165, 1.54) is 12.1 Å². The zero-order chi connectivity index (χ0) is 14.5. The molecule has 0 aliphatic carbocycles. The van der Waals surface area contributed by atoms with Gasteiger partial charge in [-0.3, -0.25) is 0 Å². The number of hydrogen-bond donors (Lipinski definition) is 1. The van der Waals surface area contributed by atoms with Gasteiger partial charge in [0.1, 0.15) is 17.8 Å². The molecule has 0 fully saturated rings. The lowest BCUT2D eigenvalue weighted by Gasteiger charge is -2.14. The van der Waals surface area contributed by atoms with Crippen LogP contribution in [0.5, 0.6) is 5.75 Å². The van der Waals surface area contributed by atoms with Crippen LogP contribution in [0.1, 0.15) is 32.3 Å². The maximum Gasteiger partial charge on any atom is 0.416 e. The second-order valence-corrected chi connectivity index (χ2v) is 4.44. The first-order chi connectivity index (χ1) is 8.86. The number of aliphatic hydroxyl groups is 1. The zero-order valence-corrected chi connectivity index (χ0v) is 10.9. The molecular formula is C14H17F3O2. The summed E-state index contributed by atoms with van der Waals surface area (Å²) < 4.78 is 42.9. The normalized spacial score (nSPS) is 14.3. The molecule has 1 aromatic carbocycles. The third-order valence-electron chi connectivity index (χ3n) is 2.80. The van der Waals surface area contributed by atoms with Gasteiger partial charge in [0, 0.05) is 6.42 Å². The third kappa shape index (κ3) is 4.85. The van der Waals surface area contributed by atoms with Crippen LogP contribution in [0.3, 0.4) is 0 Å². The molecule has 2 nitrogen and oxygen atoms in total. The van der Waals surface area contributed by atoms with Gasteiger partial charge >= 0.3 is 6.18 Å². The van der Waals surface area contributed by atoms with Gasteiger partial charge in [0.2, 0.25) is 0 Å². The first-order valence-corrected chi connectivity index (χ1v) is 6.05. The lowest BCUT2D eigenvalue weighted by molar-refractivity contribution is -0.137. The number of ether oxygens (including phenoxy) is 1. The molecule has 106 valence electrons. The highest BCUT2D eigenvalue weighted by Gasteiger charge is 2.30. The number of halogens is 3. The summed E-state index contributed by atoms with van der Waals surface area (Å²) in [5.41, 5.74) is -0.772. The van der Waals surface area contributed by atoms with Crippen LogP contribution < -0.4 is 4.74 Å². The van der Waals surface area contributed by atoms with Crippen LogP contribution in [0.4, 0.5) is 13.2 Å².